The Hall–Kier alpha value is -2.49. The van der Waals surface area contributed by atoms with E-state index in [-0.39, 0.29) is 27.2 Å². The highest BCUT2D eigenvalue weighted by atomic mass is 35.5. The van der Waals surface area contributed by atoms with Gasteiger partial charge >= 0.3 is 0 Å². The van der Waals surface area contributed by atoms with Gasteiger partial charge < -0.3 is 10.2 Å². The minimum Gasteiger partial charge on any atom is -0.355 e. The summed E-state index contributed by atoms with van der Waals surface area (Å²) in [6.45, 7) is 3.01. The summed E-state index contributed by atoms with van der Waals surface area (Å²) in [6, 6.07) is 15.9. The van der Waals surface area contributed by atoms with Crippen molar-refractivity contribution >= 4 is 73.9 Å². The molecule has 3 aromatic rings. The summed E-state index contributed by atoms with van der Waals surface area (Å²) >= 11 is 24.6. The lowest BCUT2D eigenvalue weighted by Crippen LogP contribution is -2.51. The van der Waals surface area contributed by atoms with E-state index >= 15 is 0 Å². The van der Waals surface area contributed by atoms with Crippen molar-refractivity contribution in [2.75, 3.05) is 17.4 Å². The molecule has 0 aliphatic heterocycles. The molecule has 2 amide bonds. The maximum absolute atomic E-state index is 13.8. The van der Waals surface area contributed by atoms with Gasteiger partial charge in [0.05, 0.1) is 25.7 Å². The fraction of sp³-hybridized carbons (Fsp3) is 0.231. The second kappa shape index (κ2) is 13.0. The van der Waals surface area contributed by atoms with Crippen LogP contribution in [0.1, 0.15) is 19.4 Å². The molecule has 0 aliphatic rings. The van der Waals surface area contributed by atoms with Crippen molar-refractivity contribution in [1.29, 1.82) is 0 Å². The van der Waals surface area contributed by atoms with Gasteiger partial charge in [-0.3, -0.25) is 13.9 Å². The number of likely N-dealkylation sites (N-methyl/N-ethyl adjacent to an activating group) is 1. The second-order valence-corrected chi connectivity index (χ2v) is 11.8. The number of nitrogens with one attached hydrogen (secondary N) is 1. The fourth-order valence-electron chi connectivity index (χ4n) is 3.66. The summed E-state index contributed by atoms with van der Waals surface area (Å²) in [5.74, 6) is -1.04. The third kappa shape index (κ3) is 7.12. The van der Waals surface area contributed by atoms with Crippen LogP contribution in [0.5, 0.6) is 0 Å². The van der Waals surface area contributed by atoms with Crippen molar-refractivity contribution in [1.82, 2.24) is 10.2 Å². The molecule has 7 nitrogen and oxygen atoms in total. The van der Waals surface area contributed by atoms with Crippen LogP contribution in [-0.2, 0) is 26.2 Å². The van der Waals surface area contributed by atoms with Crippen LogP contribution in [0.15, 0.2) is 71.6 Å². The van der Waals surface area contributed by atoms with Crippen molar-refractivity contribution in [3.63, 3.8) is 0 Å². The average molecular weight is 617 g/mol. The summed E-state index contributed by atoms with van der Waals surface area (Å²) in [6.07, 6.45) is 0. The Kier molecular flexibility index (Phi) is 10.3. The molecule has 3 rings (SSSR count). The van der Waals surface area contributed by atoms with Crippen LogP contribution in [-0.4, -0.2) is 44.3 Å². The lowest BCUT2D eigenvalue weighted by atomic mass is 10.1. The molecule has 1 atom stereocenters. The van der Waals surface area contributed by atoms with E-state index < -0.39 is 34.4 Å². The van der Waals surface area contributed by atoms with Crippen LogP contribution < -0.4 is 9.62 Å². The van der Waals surface area contributed by atoms with E-state index in [4.69, 9.17) is 46.4 Å². The lowest BCUT2D eigenvalue weighted by Gasteiger charge is -2.32. The van der Waals surface area contributed by atoms with Gasteiger partial charge in [0.2, 0.25) is 11.8 Å². The number of benzene rings is 3. The minimum atomic E-state index is -4.24. The molecule has 1 N–H and O–H groups in total. The first kappa shape index (κ1) is 30.1. The van der Waals surface area contributed by atoms with E-state index in [0.717, 1.165) is 4.31 Å². The van der Waals surface area contributed by atoms with Crippen LogP contribution >= 0.6 is 46.4 Å². The monoisotopic (exact) mass is 615 g/mol. The van der Waals surface area contributed by atoms with Gasteiger partial charge in [0.15, 0.2) is 0 Å². The van der Waals surface area contributed by atoms with E-state index in [2.05, 4.69) is 5.32 Å². The molecular formula is C26H25Cl4N3O4S. The highest BCUT2D eigenvalue weighted by molar-refractivity contribution is 7.92. The van der Waals surface area contributed by atoms with Gasteiger partial charge in [0.1, 0.15) is 12.6 Å². The standard InChI is InChI=1S/C26H25Cl4N3O4S/c1-3-31-26(35)17(2)32(15-18-9-11-21(28)22(29)13-18)25(34)16-33(24-12-10-19(27)14-23(24)30)38(36,37)20-7-5-4-6-8-20/h4-14,17H,3,15-16H2,1-2H3,(H,31,35). The molecule has 0 bridgehead atoms. The molecule has 0 spiro atoms. The molecule has 12 heteroatoms. The average Bonchev–Trinajstić information content (AvgIpc) is 2.88. The Labute approximate surface area is 242 Å². The number of hydrogen-bond acceptors (Lipinski definition) is 4. The van der Waals surface area contributed by atoms with Gasteiger partial charge in [-0.2, -0.15) is 0 Å². The van der Waals surface area contributed by atoms with Crippen molar-refractivity contribution < 1.29 is 18.0 Å². The molecular weight excluding hydrogens is 592 g/mol. The Morgan fingerprint density at radius 3 is 2.18 bits per heavy atom. The molecule has 3 aromatic carbocycles. The Morgan fingerprint density at radius 2 is 1.58 bits per heavy atom. The number of amides is 2. The van der Waals surface area contributed by atoms with Gasteiger partial charge in [-0.25, -0.2) is 8.42 Å². The zero-order valence-corrected chi connectivity index (χ0v) is 24.3. The molecule has 0 aliphatic carbocycles. The van der Waals surface area contributed by atoms with Crippen molar-refractivity contribution in [2.24, 2.45) is 0 Å². The molecule has 38 heavy (non-hydrogen) atoms. The Balaban J connectivity index is 2.06. The van der Waals surface area contributed by atoms with Gasteiger partial charge in [0, 0.05) is 18.1 Å². The summed E-state index contributed by atoms with van der Waals surface area (Å²) in [5, 5.41) is 3.65. The molecule has 1 unspecified atom stereocenters. The minimum absolute atomic E-state index is 0.0262. The normalized spacial score (nSPS) is 12.1. The van der Waals surface area contributed by atoms with E-state index in [9.17, 15) is 18.0 Å². The Morgan fingerprint density at radius 1 is 0.895 bits per heavy atom. The highest BCUT2D eigenvalue weighted by Gasteiger charge is 2.33. The van der Waals surface area contributed by atoms with Crippen molar-refractivity contribution in [3.8, 4) is 0 Å². The van der Waals surface area contributed by atoms with Gasteiger partial charge in [-0.05, 0) is 61.9 Å². The molecule has 0 radical (unpaired) electrons. The van der Waals surface area contributed by atoms with E-state index in [1.807, 2.05) is 0 Å². The number of nitrogens with zero attached hydrogens (tertiary/aromatic N) is 2. The number of halogens is 4. The number of hydrogen-bond donors (Lipinski definition) is 1. The summed E-state index contributed by atoms with van der Waals surface area (Å²) < 4.78 is 28.4. The van der Waals surface area contributed by atoms with Crippen LogP contribution in [0.2, 0.25) is 20.1 Å². The number of anilines is 1. The second-order valence-electron chi connectivity index (χ2n) is 8.26. The molecule has 0 saturated carbocycles. The first-order chi connectivity index (χ1) is 17.9. The van der Waals surface area contributed by atoms with E-state index in [1.165, 1.54) is 35.2 Å². The number of carbonyl (C=O) groups is 2. The molecule has 0 fully saturated rings. The molecule has 0 heterocycles. The predicted octanol–water partition coefficient (Wildman–Crippen LogP) is 6.05. The summed E-state index contributed by atoms with van der Waals surface area (Å²) in [7, 11) is -4.24. The van der Waals surface area contributed by atoms with Crippen LogP contribution in [0.3, 0.4) is 0 Å². The zero-order chi connectivity index (χ0) is 28.0. The third-order valence-corrected chi connectivity index (χ3v) is 8.69. The topological polar surface area (TPSA) is 86.8 Å². The fourth-order valence-corrected chi connectivity index (χ4v) is 5.99. The van der Waals surface area contributed by atoms with E-state index in [1.54, 1.807) is 50.2 Å². The SMILES string of the molecule is CCNC(=O)C(C)N(Cc1ccc(Cl)c(Cl)c1)C(=O)CN(c1ccc(Cl)cc1Cl)S(=O)(=O)c1ccccc1. The summed E-state index contributed by atoms with van der Waals surface area (Å²) in [4.78, 5) is 27.8. The van der Waals surface area contributed by atoms with Crippen molar-refractivity contribution in [3.05, 3.63) is 92.4 Å². The van der Waals surface area contributed by atoms with Crippen molar-refractivity contribution in [2.45, 2.75) is 31.3 Å². The van der Waals surface area contributed by atoms with Crippen LogP contribution in [0.25, 0.3) is 0 Å². The van der Waals surface area contributed by atoms with Gasteiger partial charge in [0.25, 0.3) is 10.0 Å². The number of sulfonamides is 1. The third-order valence-electron chi connectivity index (χ3n) is 5.64. The molecule has 0 aromatic heterocycles. The van der Waals surface area contributed by atoms with E-state index in [0.29, 0.717) is 22.2 Å². The largest absolute Gasteiger partial charge is 0.355 e. The predicted molar refractivity (Wildman–Crippen MR) is 153 cm³/mol. The quantitative estimate of drug-likeness (QED) is 0.300. The number of carbonyl (C=O) groups excluding carboxylic acids is 2. The van der Waals surface area contributed by atoms with Gasteiger partial charge in [-0.1, -0.05) is 70.7 Å². The smallest absolute Gasteiger partial charge is 0.264 e. The first-order valence-electron chi connectivity index (χ1n) is 11.5. The zero-order valence-electron chi connectivity index (χ0n) is 20.5. The molecule has 0 saturated heterocycles. The first-order valence-corrected chi connectivity index (χ1v) is 14.4. The summed E-state index contributed by atoms with van der Waals surface area (Å²) in [5.41, 5.74) is 0.666. The van der Waals surface area contributed by atoms with Crippen LogP contribution in [0.4, 0.5) is 5.69 Å². The van der Waals surface area contributed by atoms with Gasteiger partial charge in [-0.15, -0.1) is 0 Å². The lowest BCUT2D eigenvalue weighted by molar-refractivity contribution is -0.139. The maximum Gasteiger partial charge on any atom is 0.264 e. The number of rotatable bonds is 10. The Bertz CT molecular complexity index is 1420. The highest BCUT2D eigenvalue weighted by Crippen LogP contribution is 2.33. The van der Waals surface area contributed by atoms with Crippen LogP contribution in [0, 0.1) is 0 Å². The maximum atomic E-state index is 13.8. The molecule has 202 valence electrons.